The molecule has 1 aliphatic heterocycles. The molecule has 168 valence electrons. The van der Waals surface area contributed by atoms with Gasteiger partial charge in [-0.1, -0.05) is 35.9 Å². The molecule has 7 nitrogen and oxygen atoms in total. The zero-order valence-electron chi connectivity index (χ0n) is 18.1. The molecule has 9 heteroatoms. The Kier molecular flexibility index (Phi) is 5.45. The number of rotatable bonds is 4. The number of carbonyl (C=O) groups is 1. The number of amides is 1. The van der Waals surface area contributed by atoms with Crippen molar-refractivity contribution in [3.8, 4) is 11.3 Å². The third kappa shape index (κ3) is 4.02. The molecular weight excluding hydrogens is 426 g/mol. The summed E-state index contributed by atoms with van der Waals surface area (Å²) < 4.78 is 28.7. The van der Waals surface area contributed by atoms with Gasteiger partial charge >= 0.3 is 0 Å². The normalized spacial score (nSPS) is 14.3. The third-order valence-electron chi connectivity index (χ3n) is 5.90. The number of pyridine rings is 1. The Labute approximate surface area is 189 Å². The Morgan fingerprint density at radius 3 is 2.48 bits per heavy atom. The van der Waals surface area contributed by atoms with E-state index >= 15 is 0 Å². The number of halogens is 2. The van der Waals surface area contributed by atoms with Crippen molar-refractivity contribution < 1.29 is 18.6 Å². The van der Waals surface area contributed by atoms with Crippen LogP contribution in [0.2, 0.25) is 0 Å². The van der Waals surface area contributed by atoms with Gasteiger partial charge in [0.25, 0.3) is 18.2 Å². The standard InChI is InChI=1S/C24H22F2N6O/c1-16-5-7-17(8-6-16)19-14-20(22(25)26)32-23(29-19)18(15-28-32)24(33)31-12-10-30(11-13-31)21-4-2-3-9-27-21/h2-9,14-15,22H,10-13H2,1H3/p+1. The van der Waals surface area contributed by atoms with Gasteiger partial charge in [0.1, 0.15) is 24.3 Å². The largest absolute Gasteiger partial charge is 0.331 e. The minimum atomic E-state index is -2.76. The number of aromatic amines is 1. The Bertz CT molecular complexity index is 1280. The highest BCUT2D eigenvalue weighted by atomic mass is 19.3. The van der Waals surface area contributed by atoms with Crippen LogP contribution in [0.25, 0.3) is 16.9 Å². The highest BCUT2D eigenvalue weighted by Crippen LogP contribution is 2.27. The molecule has 0 spiro atoms. The van der Waals surface area contributed by atoms with Crippen LogP contribution in [0, 0.1) is 6.92 Å². The van der Waals surface area contributed by atoms with Gasteiger partial charge in [-0.15, -0.1) is 0 Å². The fourth-order valence-corrected chi connectivity index (χ4v) is 4.07. The summed E-state index contributed by atoms with van der Waals surface area (Å²) >= 11 is 0. The monoisotopic (exact) mass is 449 g/mol. The van der Waals surface area contributed by atoms with E-state index in [9.17, 15) is 13.6 Å². The van der Waals surface area contributed by atoms with E-state index in [-0.39, 0.29) is 22.8 Å². The minimum absolute atomic E-state index is 0.146. The van der Waals surface area contributed by atoms with Gasteiger partial charge in [0.05, 0.1) is 31.2 Å². The number of aryl methyl sites for hydroxylation is 1. The maximum Gasteiger partial charge on any atom is 0.280 e. The van der Waals surface area contributed by atoms with Gasteiger partial charge in [-0.25, -0.2) is 23.3 Å². The average Bonchev–Trinajstić information content (AvgIpc) is 3.28. The number of hydrogen-bond acceptors (Lipinski definition) is 4. The highest BCUT2D eigenvalue weighted by Gasteiger charge is 2.29. The van der Waals surface area contributed by atoms with E-state index in [0.29, 0.717) is 37.4 Å². The van der Waals surface area contributed by atoms with Crippen LogP contribution < -0.4 is 9.88 Å². The first-order valence-electron chi connectivity index (χ1n) is 10.8. The molecule has 0 radical (unpaired) electrons. The van der Waals surface area contributed by atoms with Crippen molar-refractivity contribution in [2.75, 3.05) is 31.1 Å². The average molecular weight is 449 g/mol. The van der Waals surface area contributed by atoms with Gasteiger partial charge in [0, 0.05) is 11.6 Å². The van der Waals surface area contributed by atoms with Gasteiger partial charge in [-0.05, 0) is 19.1 Å². The number of H-pyrrole nitrogens is 1. The summed E-state index contributed by atoms with van der Waals surface area (Å²) in [5.74, 6) is 0.738. The molecule has 1 aromatic carbocycles. The molecule has 1 fully saturated rings. The number of anilines is 1. The highest BCUT2D eigenvalue weighted by molar-refractivity contribution is 6.00. The van der Waals surface area contributed by atoms with Crippen LogP contribution in [0.3, 0.4) is 0 Å². The summed E-state index contributed by atoms with van der Waals surface area (Å²) in [6.07, 6.45) is 0.449. The number of piperazine rings is 1. The molecule has 5 rings (SSSR count). The van der Waals surface area contributed by atoms with Crippen LogP contribution in [0.1, 0.15) is 28.0 Å². The number of hydrogen-bond donors (Lipinski definition) is 0. The summed E-state index contributed by atoms with van der Waals surface area (Å²) in [5, 5.41) is 4.08. The molecule has 0 unspecified atom stereocenters. The molecule has 1 aliphatic rings. The predicted molar refractivity (Wildman–Crippen MR) is 119 cm³/mol. The first kappa shape index (κ1) is 21.0. The number of benzene rings is 1. The fraction of sp³-hybridized carbons (Fsp3) is 0.250. The second-order valence-electron chi connectivity index (χ2n) is 8.05. The van der Waals surface area contributed by atoms with Crippen LogP contribution in [0.15, 0.2) is 60.9 Å². The minimum Gasteiger partial charge on any atom is -0.331 e. The zero-order valence-corrected chi connectivity index (χ0v) is 18.1. The smallest absolute Gasteiger partial charge is 0.280 e. The van der Waals surface area contributed by atoms with E-state index in [1.54, 1.807) is 4.90 Å². The molecule has 3 aromatic heterocycles. The van der Waals surface area contributed by atoms with E-state index in [1.165, 1.54) is 12.3 Å². The quantitative estimate of drug-likeness (QED) is 0.479. The lowest BCUT2D eigenvalue weighted by atomic mass is 10.1. The number of carbonyl (C=O) groups excluding carboxylic acids is 1. The van der Waals surface area contributed by atoms with Crippen molar-refractivity contribution in [2.24, 2.45) is 0 Å². The lowest BCUT2D eigenvalue weighted by Crippen LogP contribution is -2.50. The van der Waals surface area contributed by atoms with Crippen LogP contribution in [0.4, 0.5) is 14.6 Å². The topological polar surface area (TPSA) is 67.9 Å². The molecule has 0 aliphatic carbocycles. The van der Waals surface area contributed by atoms with Crippen LogP contribution in [-0.2, 0) is 0 Å². The molecule has 4 aromatic rings. The van der Waals surface area contributed by atoms with Crippen LogP contribution in [0.5, 0.6) is 0 Å². The Hall–Kier alpha value is -3.88. The van der Waals surface area contributed by atoms with E-state index in [0.717, 1.165) is 15.9 Å². The summed E-state index contributed by atoms with van der Waals surface area (Å²) in [7, 11) is 0. The van der Waals surface area contributed by atoms with Crippen molar-refractivity contribution in [1.82, 2.24) is 19.5 Å². The van der Waals surface area contributed by atoms with Crippen molar-refractivity contribution in [3.05, 3.63) is 77.7 Å². The number of alkyl halides is 2. The van der Waals surface area contributed by atoms with Crippen LogP contribution >= 0.6 is 0 Å². The first-order valence-corrected chi connectivity index (χ1v) is 10.8. The van der Waals surface area contributed by atoms with Crippen molar-refractivity contribution in [1.29, 1.82) is 0 Å². The van der Waals surface area contributed by atoms with E-state index < -0.39 is 6.43 Å². The van der Waals surface area contributed by atoms with Crippen molar-refractivity contribution in [3.63, 3.8) is 0 Å². The Balaban J connectivity index is 1.45. The first-order chi connectivity index (χ1) is 16.0. The second kappa shape index (κ2) is 8.57. The SMILES string of the molecule is Cc1ccc(-c2cc(C(F)F)n3ncc(C(=O)N4CCN(c5cccc[nH+]5)CC4)c3n2)cc1. The lowest BCUT2D eigenvalue weighted by Gasteiger charge is -2.30. The number of nitrogens with zero attached hydrogens (tertiary/aromatic N) is 5. The zero-order chi connectivity index (χ0) is 22.9. The fourth-order valence-electron chi connectivity index (χ4n) is 4.07. The van der Waals surface area contributed by atoms with Gasteiger partial charge < -0.3 is 4.90 Å². The summed E-state index contributed by atoms with van der Waals surface area (Å²) in [4.78, 5) is 25.0. The van der Waals surface area contributed by atoms with Crippen LogP contribution in [-0.4, -0.2) is 51.6 Å². The summed E-state index contributed by atoms with van der Waals surface area (Å²) in [6.45, 7) is 4.30. The molecule has 0 bridgehead atoms. The Morgan fingerprint density at radius 1 is 1.06 bits per heavy atom. The lowest BCUT2D eigenvalue weighted by molar-refractivity contribution is -0.364. The molecule has 1 amide bonds. The predicted octanol–water partition coefficient (Wildman–Crippen LogP) is 3.42. The summed E-state index contributed by atoms with van der Waals surface area (Å²) in [5.41, 5.74) is 2.23. The molecule has 1 saturated heterocycles. The molecule has 0 atom stereocenters. The number of aromatic nitrogens is 4. The van der Waals surface area contributed by atoms with Gasteiger partial charge in [-0.2, -0.15) is 5.10 Å². The van der Waals surface area contributed by atoms with Crippen molar-refractivity contribution >= 4 is 17.4 Å². The second-order valence-corrected chi connectivity index (χ2v) is 8.05. The Morgan fingerprint density at radius 2 is 1.82 bits per heavy atom. The number of fused-ring (bicyclic) bond motifs is 1. The van der Waals surface area contributed by atoms with Gasteiger partial charge in [0.2, 0.25) is 0 Å². The molecule has 0 saturated carbocycles. The summed E-state index contributed by atoms with van der Waals surface area (Å²) in [6, 6.07) is 14.7. The third-order valence-corrected chi connectivity index (χ3v) is 5.90. The van der Waals surface area contributed by atoms with E-state index in [2.05, 4.69) is 20.0 Å². The molecule has 33 heavy (non-hydrogen) atoms. The van der Waals surface area contributed by atoms with E-state index in [4.69, 9.17) is 0 Å². The molecular formula is C24H23F2N6O+. The maximum atomic E-state index is 13.8. The van der Waals surface area contributed by atoms with Gasteiger partial charge in [0.15, 0.2) is 5.65 Å². The number of nitrogens with one attached hydrogen (secondary N) is 1. The maximum absolute atomic E-state index is 13.8. The molecule has 1 N–H and O–H groups in total. The molecule has 4 heterocycles. The van der Waals surface area contributed by atoms with E-state index in [1.807, 2.05) is 55.6 Å². The van der Waals surface area contributed by atoms with Gasteiger partial charge in [-0.3, -0.25) is 9.69 Å². The van der Waals surface area contributed by atoms with Crippen molar-refractivity contribution in [2.45, 2.75) is 13.3 Å².